The number of rotatable bonds is 5. The molecule has 0 fully saturated rings. The van der Waals surface area contributed by atoms with Crippen molar-refractivity contribution in [1.29, 1.82) is 0 Å². The SMILES string of the molecule is CCOC(=O)CN(c1sc(N)nc1C)S(=O)[O-]. The summed E-state index contributed by atoms with van der Waals surface area (Å²) in [6.07, 6.45) is 0. The number of anilines is 2. The summed E-state index contributed by atoms with van der Waals surface area (Å²) in [7, 11) is 0. The number of nitrogens with zero attached hydrogens (tertiary/aromatic N) is 2. The van der Waals surface area contributed by atoms with Crippen molar-refractivity contribution >= 4 is 38.7 Å². The maximum Gasteiger partial charge on any atom is 0.326 e. The van der Waals surface area contributed by atoms with Crippen LogP contribution in [-0.4, -0.2) is 32.9 Å². The predicted octanol–water partition coefficient (Wildman–Crippen LogP) is 0.197. The third-order valence-corrected chi connectivity index (χ3v) is 3.57. The smallest absolute Gasteiger partial charge is 0.326 e. The lowest BCUT2D eigenvalue weighted by atomic mass is 10.5. The van der Waals surface area contributed by atoms with Crippen LogP contribution in [0.25, 0.3) is 0 Å². The van der Waals surface area contributed by atoms with Gasteiger partial charge in [-0.25, -0.2) is 4.98 Å². The van der Waals surface area contributed by atoms with Gasteiger partial charge in [0.05, 0.1) is 12.3 Å². The molecule has 1 aromatic rings. The van der Waals surface area contributed by atoms with Crippen molar-refractivity contribution in [2.75, 3.05) is 23.2 Å². The highest BCUT2D eigenvalue weighted by Crippen LogP contribution is 2.30. The van der Waals surface area contributed by atoms with Gasteiger partial charge in [0, 0.05) is 11.3 Å². The van der Waals surface area contributed by atoms with Gasteiger partial charge in [0.1, 0.15) is 11.5 Å². The first-order chi connectivity index (χ1) is 7.95. The van der Waals surface area contributed by atoms with Gasteiger partial charge in [-0.3, -0.25) is 13.3 Å². The number of thiazole rings is 1. The Kier molecular flexibility index (Phi) is 4.85. The molecular formula is C8H12N3O4S2-. The summed E-state index contributed by atoms with van der Waals surface area (Å²) < 4.78 is 27.7. The lowest BCUT2D eigenvalue weighted by Gasteiger charge is -2.23. The van der Waals surface area contributed by atoms with Crippen LogP contribution in [-0.2, 0) is 20.8 Å². The minimum absolute atomic E-state index is 0.196. The summed E-state index contributed by atoms with van der Waals surface area (Å²) in [6, 6.07) is 0. The first kappa shape index (κ1) is 13.9. The number of carbonyl (C=O) groups excluding carboxylic acids is 1. The number of aromatic nitrogens is 1. The van der Waals surface area contributed by atoms with E-state index in [0.717, 1.165) is 15.6 Å². The predicted molar refractivity (Wildman–Crippen MR) is 64.2 cm³/mol. The van der Waals surface area contributed by atoms with E-state index < -0.39 is 17.2 Å². The molecule has 0 aliphatic rings. The monoisotopic (exact) mass is 278 g/mol. The lowest BCUT2D eigenvalue weighted by Crippen LogP contribution is -2.32. The van der Waals surface area contributed by atoms with E-state index in [1.165, 1.54) is 0 Å². The molecule has 0 aliphatic carbocycles. The van der Waals surface area contributed by atoms with E-state index in [4.69, 9.17) is 5.73 Å². The molecule has 9 heteroatoms. The van der Waals surface area contributed by atoms with Gasteiger partial charge < -0.3 is 15.0 Å². The molecule has 7 nitrogen and oxygen atoms in total. The third kappa shape index (κ3) is 3.65. The Hall–Kier alpha value is -1.19. The number of carbonyl (C=O) groups is 1. The molecule has 0 aliphatic heterocycles. The molecule has 1 rings (SSSR count). The second-order valence-electron chi connectivity index (χ2n) is 3.00. The van der Waals surface area contributed by atoms with Crippen molar-refractivity contribution in [1.82, 2.24) is 4.98 Å². The van der Waals surface area contributed by atoms with E-state index in [1.54, 1.807) is 13.8 Å². The van der Waals surface area contributed by atoms with Gasteiger partial charge in [0.15, 0.2) is 5.13 Å². The molecule has 0 bridgehead atoms. The van der Waals surface area contributed by atoms with E-state index in [1.807, 2.05) is 0 Å². The topological polar surface area (TPSA) is 109 Å². The molecular weight excluding hydrogens is 266 g/mol. The zero-order chi connectivity index (χ0) is 13.0. The largest absolute Gasteiger partial charge is 0.755 e. The highest BCUT2D eigenvalue weighted by Gasteiger charge is 2.18. The van der Waals surface area contributed by atoms with Gasteiger partial charge in [0.25, 0.3) is 0 Å². The number of nitrogens with two attached hydrogens (primary N) is 1. The Morgan fingerprint density at radius 3 is 2.76 bits per heavy atom. The minimum Gasteiger partial charge on any atom is -0.755 e. The Balaban J connectivity index is 2.90. The molecule has 0 saturated heterocycles. The molecule has 2 N–H and O–H groups in total. The molecule has 1 unspecified atom stereocenters. The standard InChI is InChI=1S/C8H13N3O4S2/c1-3-15-6(12)4-11(17(13)14)7-5(2)10-8(9)16-7/h3-4H2,1-2H3,(H2,9,10)(H,13,14)/p-1. The van der Waals surface area contributed by atoms with Crippen LogP contribution >= 0.6 is 11.3 Å². The van der Waals surface area contributed by atoms with E-state index in [-0.39, 0.29) is 18.3 Å². The Labute approximate surface area is 105 Å². The zero-order valence-electron chi connectivity index (χ0n) is 9.34. The molecule has 1 heterocycles. The Morgan fingerprint density at radius 1 is 1.71 bits per heavy atom. The Morgan fingerprint density at radius 2 is 2.35 bits per heavy atom. The van der Waals surface area contributed by atoms with Crippen molar-refractivity contribution < 1.29 is 18.3 Å². The lowest BCUT2D eigenvalue weighted by molar-refractivity contribution is -0.141. The van der Waals surface area contributed by atoms with Crippen molar-refractivity contribution in [3.63, 3.8) is 0 Å². The van der Waals surface area contributed by atoms with Crippen LogP contribution in [0.1, 0.15) is 12.6 Å². The fraction of sp³-hybridized carbons (Fsp3) is 0.500. The van der Waals surface area contributed by atoms with E-state index in [9.17, 15) is 13.6 Å². The van der Waals surface area contributed by atoms with Crippen LogP contribution in [0.5, 0.6) is 0 Å². The number of hydrogen-bond acceptors (Lipinski definition) is 7. The summed E-state index contributed by atoms with van der Waals surface area (Å²) in [5.74, 6) is -0.622. The molecule has 1 aromatic heterocycles. The summed E-state index contributed by atoms with van der Waals surface area (Å²) >= 11 is -1.58. The van der Waals surface area contributed by atoms with E-state index >= 15 is 0 Å². The quantitative estimate of drug-likeness (QED) is 0.608. The molecule has 17 heavy (non-hydrogen) atoms. The van der Waals surface area contributed by atoms with Gasteiger partial charge in [0.2, 0.25) is 0 Å². The third-order valence-electron chi connectivity index (χ3n) is 1.77. The molecule has 0 saturated carbocycles. The summed E-state index contributed by atoms with van der Waals surface area (Å²) in [5.41, 5.74) is 5.93. The maximum atomic E-state index is 11.3. The second-order valence-corrected chi connectivity index (χ2v) is 4.89. The molecule has 96 valence electrons. The summed E-state index contributed by atoms with van der Waals surface area (Å²) in [6.45, 7) is 3.08. The van der Waals surface area contributed by atoms with Gasteiger partial charge in [-0.15, -0.1) is 0 Å². The van der Waals surface area contributed by atoms with Crippen LogP contribution in [0.15, 0.2) is 0 Å². The van der Waals surface area contributed by atoms with E-state index in [0.29, 0.717) is 10.7 Å². The first-order valence-corrected chi connectivity index (χ1v) is 6.56. The molecule has 0 radical (unpaired) electrons. The van der Waals surface area contributed by atoms with Gasteiger partial charge in [-0.2, -0.15) is 0 Å². The van der Waals surface area contributed by atoms with Gasteiger partial charge in [-0.1, -0.05) is 11.3 Å². The fourth-order valence-corrected chi connectivity index (χ4v) is 2.67. The number of ether oxygens (including phenoxy) is 1. The zero-order valence-corrected chi connectivity index (χ0v) is 11.0. The molecule has 0 aromatic carbocycles. The Bertz CT molecular complexity index is 434. The van der Waals surface area contributed by atoms with Crippen LogP contribution in [0, 0.1) is 6.92 Å². The van der Waals surface area contributed by atoms with Crippen molar-refractivity contribution in [2.24, 2.45) is 0 Å². The fourth-order valence-electron chi connectivity index (χ4n) is 1.16. The highest BCUT2D eigenvalue weighted by molar-refractivity contribution is 7.81. The van der Waals surface area contributed by atoms with Crippen molar-refractivity contribution in [3.8, 4) is 0 Å². The van der Waals surface area contributed by atoms with Crippen molar-refractivity contribution in [2.45, 2.75) is 13.8 Å². The van der Waals surface area contributed by atoms with Crippen LogP contribution in [0.2, 0.25) is 0 Å². The first-order valence-electron chi connectivity index (χ1n) is 4.71. The normalized spacial score (nSPS) is 12.2. The minimum atomic E-state index is -2.58. The van der Waals surface area contributed by atoms with E-state index in [2.05, 4.69) is 9.72 Å². The van der Waals surface area contributed by atoms with Crippen LogP contribution in [0.4, 0.5) is 10.1 Å². The summed E-state index contributed by atoms with van der Waals surface area (Å²) in [4.78, 5) is 15.2. The van der Waals surface area contributed by atoms with Crippen LogP contribution < -0.4 is 10.0 Å². The number of esters is 1. The molecule has 0 amide bonds. The number of hydrogen-bond donors (Lipinski definition) is 1. The average molecular weight is 278 g/mol. The number of nitrogen functional groups attached to an aromatic ring is 1. The van der Waals surface area contributed by atoms with Gasteiger partial charge >= 0.3 is 5.97 Å². The van der Waals surface area contributed by atoms with Crippen molar-refractivity contribution in [3.05, 3.63) is 5.69 Å². The second kappa shape index (κ2) is 5.94. The highest BCUT2D eigenvalue weighted by atomic mass is 32.2. The molecule has 0 spiro atoms. The van der Waals surface area contributed by atoms with Crippen LogP contribution in [0.3, 0.4) is 0 Å². The maximum absolute atomic E-state index is 11.3. The summed E-state index contributed by atoms with van der Waals surface area (Å²) in [5, 5.41) is 0.570. The average Bonchev–Trinajstić information content (AvgIpc) is 2.54. The van der Waals surface area contributed by atoms with Gasteiger partial charge in [-0.05, 0) is 13.8 Å². The molecule has 1 atom stereocenters. The number of aryl methyl sites for hydroxylation is 1.